The molecule has 0 amide bonds. The van der Waals surface area contributed by atoms with Gasteiger partial charge >= 0.3 is 5.97 Å². The highest BCUT2D eigenvalue weighted by molar-refractivity contribution is 5.89. The fourth-order valence-electron chi connectivity index (χ4n) is 2.44. The van der Waals surface area contributed by atoms with E-state index < -0.39 is 5.97 Å². The van der Waals surface area contributed by atoms with Gasteiger partial charge in [0.25, 0.3) is 0 Å². The van der Waals surface area contributed by atoms with Gasteiger partial charge in [-0.15, -0.1) is 0 Å². The van der Waals surface area contributed by atoms with Crippen molar-refractivity contribution in [2.75, 3.05) is 7.11 Å². The van der Waals surface area contributed by atoms with Crippen LogP contribution in [0, 0.1) is 22.7 Å². The zero-order chi connectivity index (χ0) is 17.8. The largest absolute Gasteiger partial charge is 0.465 e. The van der Waals surface area contributed by atoms with Crippen LogP contribution in [-0.4, -0.2) is 13.1 Å². The summed E-state index contributed by atoms with van der Waals surface area (Å²) in [5.74, 6) is 0.752. The summed E-state index contributed by atoms with van der Waals surface area (Å²) in [5, 5.41) is 19.9. The van der Waals surface area contributed by atoms with Crippen LogP contribution >= 0.6 is 0 Å². The zero-order valence-electron chi connectivity index (χ0n) is 13.3. The second-order valence-corrected chi connectivity index (χ2v) is 5.25. The van der Waals surface area contributed by atoms with Crippen molar-refractivity contribution in [3.05, 3.63) is 71.3 Å². The molecule has 3 aromatic rings. The summed E-state index contributed by atoms with van der Waals surface area (Å²) >= 11 is 0. The Balaban J connectivity index is 1.91. The first-order valence-corrected chi connectivity index (χ1v) is 7.39. The third-order valence-electron chi connectivity index (χ3n) is 3.70. The fourth-order valence-corrected chi connectivity index (χ4v) is 2.44. The lowest BCUT2D eigenvalue weighted by Crippen LogP contribution is -2.00. The molecule has 0 heterocycles. The van der Waals surface area contributed by atoms with E-state index >= 15 is 0 Å². The smallest absolute Gasteiger partial charge is 0.337 e. The van der Waals surface area contributed by atoms with Crippen LogP contribution in [0.5, 0.6) is 11.5 Å². The molecule has 0 aromatic heterocycles. The summed E-state index contributed by atoms with van der Waals surface area (Å²) in [4.78, 5) is 11.4. The highest BCUT2D eigenvalue weighted by Gasteiger charge is 2.07. The molecule has 5 heteroatoms. The number of ether oxygens (including phenoxy) is 2. The highest BCUT2D eigenvalue weighted by atomic mass is 16.5. The molecule has 120 valence electrons. The second-order valence-electron chi connectivity index (χ2n) is 5.25. The number of carbonyl (C=O) groups is 1. The quantitative estimate of drug-likeness (QED) is 0.674. The molecule has 0 fully saturated rings. The lowest BCUT2D eigenvalue weighted by atomic mass is 10.0. The van der Waals surface area contributed by atoms with Crippen molar-refractivity contribution < 1.29 is 14.3 Å². The maximum absolute atomic E-state index is 11.4. The second kappa shape index (κ2) is 6.74. The molecule has 25 heavy (non-hydrogen) atoms. The van der Waals surface area contributed by atoms with Gasteiger partial charge in [-0.3, -0.25) is 0 Å². The van der Waals surface area contributed by atoms with Crippen molar-refractivity contribution >= 4 is 16.7 Å². The van der Waals surface area contributed by atoms with Gasteiger partial charge in [-0.05, 0) is 59.3 Å². The number of fused-ring (bicyclic) bond motifs is 1. The van der Waals surface area contributed by atoms with E-state index in [9.17, 15) is 4.79 Å². The number of hydrogen-bond acceptors (Lipinski definition) is 5. The van der Waals surface area contributed by atoms with Crippen molar-refractivity contribution in [2.45, 2.75) is 0 Å². The number of benzene rings is 3. The van der Waals surface area contributed by atoms with E-state index in [1.165, 1.54) is 7.11 Å². The highest BCUT2D eigenvalue weighted by Crippen LogP contribution is 2.27. The molecular weight excluding hydrogens is 316 g/mol. The normalized spacial score (nSPS) is 9.88. The lowest BCUT2D eigenvalue weighted by molar-refractivity contribution is 0.0600. The molecular formula is C20H12N2O3. The van der Waals surface area contributed by atoms with Gasteiger partial charge < -0.3 is 9.47 Å². The maximum Gasteiger partial charge on any atom is 0.337 e. The summed E-state index contributed by atoms with van der Waals surface area (Å²) in [7, 11) is 1.33. The predicted molar refractivity (Wildman–Crippen MR) is 91.2 cm³/mol. The lowest BCUT2D eigenvalue weighted by Gasteiger charge is -2.08. The van der Waals surface area contributed by atoms with E-state index in [-0.39, 0.29) is 0 Å². The van der Waals surface area contributed by atoms with Crippen LogP contribution in [0.1, 0.15) is 21.5 Å². The van der Waals surface area contributed by atoms with Crippen LogP contribution < -0.4 is 4.74 Å². The van der Waals surface area contributed by atoms with E-state index in [1.807, 2.05) is 18.2 Å². The van der Waals surface area contributed by atoms with Crippen LogP contribution in [0.4, 0.5) is 0 Å². The average molecular weight is 328 g/mol. The molecule has 0 spiro atoms. The Morgan fingerprint density at radius 2 is 1.44 bits per heavy atom. The van der Waals surface area contributed by atoms with Gasteiger partial charge in [0.15, 0.2) is 0 Å². The fraction of sp³-hybridized carbons (Fsp3) is 0.0500. The molecule has 0 aliphatic heterocycles. The van der Waals surface area contributed by atoms with Crippen LogP contribution in [-0.2, 0) is 4.74 Å². The molecule has 0 N–H and O–H groups in total. The molecule has 3 rings (SSSR count). The van der Waals surface area contributed by atoms with E-state index in [0.717, 1.165) is 10.8 Å². The first-order valence-electron chi connectivity index (χ1n) is 7.39. The number of rotatable bonds is 3. The van der Waals surface area contributed by atoms with E-state index in [4.69, 9.17) is 15.3 Å². The summed E-state index contributed by atoms with van der Waals surface area (Å²) in [5.41, 5.74) is 1.12. The summed E-state index contributed by atoms with van der Waals surface area (Å²) in [6, 6.07) is 19.4. The Kier molecular flexibility index (Phi) is 4.32. The standard InChI is InChI=1S/C20H12N2O3/c1-24-20(23)13-2-5-18(6-3-13)25-19-7-4-14-8-16(11-21)17(12-22)9-15(14)10-19/h2-10H,1H3. The van der Waals surface area contributed by atoms with Gasteiger partial charge in [0.1, 0.15) is 23.6 Å². The van der Waals surface area contributed by atoms with Crippen molar-refractivity contribution in [3.63, 3.8) is 0 Å². The Bertz CT molecular complexity index is 1040. The molecule has 0 unspecified atom stereocenters. The zero-order valence-corrected chi connectivity index (χ0v) is 13.3. The summed E-state index contributed by atoms with van der Waals surface area (Å²) < 4.78 is 10.4. The third kappa shape index (κ3) is 3.26. The summed E-state index contributed by atoms with van der Waals surface area (Å²) in [6.07, 6.45) is 0. The molecule has 0 aliphatic rings. The van der Waals surface area contributed by atoms with Crippen molar-refractivity contribution in [3.8, 4) is 23.6 Å². The van der Waals surface area contributed by atoms with Gasteiger partial charge in [0, 0.05) is 0 Å². The molecule has 5 nitrogen and oxygen atoms in total. The van der Waals surface area contributed by atoms with Crippen molar-refractivity contribution in [2.24, 2.45) is 0 Å². The van der Waals surface area contributed by atoms with Gasteiger partial charge in [-0.2, -0.15) is 10.5 Å². The van der Waals surface area contributed by atoms with Crippen LogP contribution in [0.2, 0.25) is 0 Å². The number of carbonyl (C=O) groups excluding carboxylic acids is 1. The maximum atomic E-state index is 11.4. The molecule has 0 bridgehead atoms. The number of hydrogen-bond donors (Lipinski definition) is 0. The van der Waals surface area contributed by atoms with Crippen LogP contribution in [0.25, 0.3) is 10.8 Å². The number of nitriles is 2. The third-order valence-corrected chi connectivity index (χ3v) is 3.70. The predicted octanol–water partition coefficient (Wildman–Crippen LogP) is 4.16. The van der Waals surface area contributed by atoms with Gasteiger partial charge in [-0.1, -0.05) is 6.07 Å². The van der Waals surface area contributed by atoms with E-state index in [1.54, 1.807) is 48.5 Å². The topological polar surface area (TPSA) is 83.1 Å². The van der Waals surface area contributed by atoms with Gasteiger partial charge in [-0.25, -0.2) is 4.79 Å². The first-order chi connectivity index (χ1) is 12.1. The van der Waals surface area contributed by atoms with E-state index in [0.29, 0.717) is 28.2 Å². The van der Waals surface area contributed by atoms with E-state index in [2.05, 4.69) is 4.74 Å². The number of nitrogens with zero attached hydrogens (tertiary/aromatic N) is 2. The summed E-state index contributed by atoms with van der Waals surface area (Å²) in [6.45, 7) is 0. The first kappa shape index (κ1) is 16.0. The Hall–Kier alpha value is -3.83. The molecule has 0 saturated heterocycles. The number of methoxy groups -OCH3 is 1. The minimum Gasteiger partial charge on any atom is -0.465 e. The minimum atomic E-state index is -0.408. The van der Waals surface area contributed by atoms with Gasteiger partial charge in [0.2, 0.25) is 0 Å². The Morgan fingerprint density at radius 3 is 2.04 bits per heavy atom. The van der Waals surface area contributed by atoms with Crippen molar-refractivity contribution in [1.82, 2.24) is 0 Å². The molecule has 3 aromatic carbocycles. The van der Waals surface area contributed by atoms with Crippen molar-refractivity contribution in [1.29, 1.82) is 10.5 Å². The monoisotopic (exact) mass is 328 g/mol. The average Bonchev–Trinajstić information content (AvgIpc) is 2.66. The minimum absolute atomic E-state index is 0.328. The SMILES string of the molecule is COC(=O)c1ccc(Oc2ccc3cc(C#N)c(C#N)cc3c2)cc1. The van der Waals surface area contributed by atoms with Gasteiger partial charge in [0.05, 0.1) is 23.8 Å². The molecule has 0 aliphatic carbocycles. The number of esters is 1. The van der Waals surface area contributed by atoms with Crippen LogP contribution in [0.3, 0.4) is 0 Å². The molecule has 0 saturated carbocycles. The van der Waals surface area contributed by atoms with Crippen LogP contribution in [0.15, 0.2) is 54.6 Å². The molecule has 0 radical (unpaired) electrons. The Labute approximate surface area is 144 Å². The Morgan fingerprint density at radius 1 is 0.840 bits per heavy atom. The molecule has 0 atom stereocenters.